The number of rotatable bonds is 3. The minimum absolute atomic E-state index is 0.919. The fraction of sp³-hybridized carbons (Fsp3) is 0. The Labute approximate surface area is 271 Å². The van der Waals surface area contributed by atoms with Crippen LogP contribution in [0.3, 0.4) is 0 Å². The normalized spacial score (nSPS) is 11.8. The number of benzene rings is 9. The van der Waals surface area contributed by atoms with Gasteiger partial charge < -0.3 is 4.42 Å². The third-order valence-electron chi connectivity index (χ3n) is 9.82. The fourth-order valence-electron chi connectivity index (χ4n) is 7.75. The van der Waals surface area contributed by atoms with E-state index in [4.69, 9.17) is 4.42 Å². The van der Waals surface area contributed by atoms with E-state index >= 15 is 0 Å². The highest BCUT2D eigenvalue weighted by Gasteiger charge is 2.18. The van der Waals surface area contributed by atoms with Crippen LogP contribution in [0.15, 0.2) is 174 Å². The molecule has 218 valence electrons. The molecule has 10 aromatic rings. The van der Waals surface area contributed by atoms with Crippen LogP contribution in [0.4, 0.5) is 0 Å². The maximum absolute atomic E-state index is 6.38. The molecule has 0 bridgehead atoms. The van der Waals surface area contributed by atoms with Gasteiger partial charge in [0, 0.05) is 10.8 Å². The van der Waals surface area contributed by atoms with Crippen molar-refractivity contribution in [3.63, 3.8) is 0 Å². The number of hydrogen-bond donors (Lipinski definition) is 0. The van der Waals surface area contributed by atoms with Crippen molar-refractivity contribution in [3.05, 3.63) is 170 Å². The van der Waals surface area contributed by atoms with Gasteiger partial charge in [0.2, 0.25) is 0 Å². The van der Waals surface area contributed by atoms with E-state index in [1.807, 2.05) is 0 Å². The average molecular weight is 597 g/mol. The fourth-order valence-corrected chi connectivity index (χ4v) is 7.75. The molecule has 0 amide bonds. The highest BCUT2D eigenvalue weighted by Crippen LogP contribution is 2.45. The van der Waals surface area contributed by atoms with Crippen molar-refractivity contribution in [1.29, 1.82) is 0 Å². The molecule has 0 atom stereocenters. The van der Waals surface area contributed by atoms with Gasteiger partial charge in [-0.05, 0) is 101 Å². The van der Waals surface area contributed by atoms with E-state index in [1.54, 1.807) is 0 Å². The predicted octanol–water partition coefficient (Wildman–Crippen LogP) is 13.2. The summed E-state index contributed by atoms with van der Waals surface area (Å²) in [4.78, 5) is 0. The highest BCUT2D eigenvalue weighted by atomic mass is 16.3. The summed E-state index contributed by atoms with van der Waals surface area (Å²) < 4.78 is 6.38. The first kappa shape index (κ1) is 26.1. The second kappa shape index (κ2) is 10.2. The Hall–Kier alpha value is -6.18. The van der Waals surface area contributed by atoms with Gasteiger partial charge in [-0.15, -0.1) is 0 Å². The van der Waals surface area contributed by atoms with Crippen LogP contribution in [0.5, 0.6) is 0 Å². The van der Waals surface area contributed by atoms with Crippen LogP contribution >= 0.6 is 0 Å². The molecule has 0 N–H and O–H groups in total. The second-order valence-electron chi connectivity index (χ2n) is 12.4. The van der Waals surface area contributed by atoms with Crippen LogP contribution in [-0.4, -0.2) is 0 Å². The van der Waals surface area contributed by atoms with E-state index in [0.29, 0.717) is 0 Å². The Kier molecular flexibility index (Phi) is 5.64. The first-order valence-electron chi connectivity index (χ1n) is 16.2. The highest BCUT2D eigenvalue weighted by molar-refractivity contribution is 6.24. The van der Waals surface area contributed by atoms with Gasteiger partial charge in [0.1, 0.15) is 11.2 Å². The Morgan fingerprint density at radius 1 is 0.298 bits per heavy atom. The summed E-state index contributed by atoms with van der Waals surface area (Å²) in [5.41, 5.74) is 9.27. The molecular weight excluding hydrogens is 569 g/mol. The second-order valence-corrected chi connectivity index (χ2v) is 12.4. The third kappa shape index (κ3) is 3.97. The molecule has 1 heterocycles. The summed E-state index contributed by atoms with van der Waals surface area (Å²) in [5.74, 6) is 0. The van der Waals surface area contributed by atoms with E-state index < -0.39 is 0 Å². The van der Waals surface area contributed by atoms with Crippen molar-refractivity contribution >= 4 is 65.0 Å². The molecule has 0 spiro atoms. The summed E-state index contributed by atoms with van der Waals surface area (Å²) in [7, 11) is 0. The van der Waals surface area contributed by atoms with E-state index in [1.165, 1.54) is 87.2 Å². The molecule has 0 aliphatic carbocycles. The zero-order chi connectivity index (χ0) is 30.9. The molecule has 0 aliphatic heterocycles. The van der Waals surface area contributed by atoms with Gasteiger partial charge in [-0.2, -0.15) is 0 Å². The molecule has 47 heavy (non-hydrogen) atoms. The van der Waals surface area contributed by atoms with Crippen molar-refractivity contribution in [3.8, 4) is 33.4 Å². The molecule has 10 rings (SSSR count). The molecule has 9 aromatic carbocycles. The Morgan fingerprint density at radius 2 is 0.830 bits per heavy atom. The Morgan fingerprint density at radius 3 is 1.53 bits per heavy atom. The third-order valence-corrected chi connectivity index (χ3v) is 9.82. The largest absolute Gasteiger partial charge is 0.456 e. The maximum Gasteiger partial charge on any atom is 0.136 e. The van der Waals surface area contributed by atoms with Gasteiger partial charge in [0.15, 0.2) is 0 Å². The number of fused-ring (bicyclic) bond motifs is 8. The predicted molar refractivity (Wildman–Crippen MR) is 200 cm³/mol. The Bertz CT molecular complexity index is 2780. The maximum atomic E-state index is 6.38. The number of hydrogen-bond acceptors (Lipinski definition) is 1. The summed E-state index contributed by atoms with van der Waals surface area (Å²) in [6.07, 6.45) is 0. The average Bonchev–Trinajstić information content (AvgIpc) is 3.53. The van der Waals surface area contributed by atoms with E-state index in [0.717, 1.165) is 11.2 Å². The van der Waals surface area contributed by atoms with Crippen molar-refractivity contribution in [1.82, 2.24) is 0 Å². The monoisotopic (exact) mass is 596 g/mol. The molecule has 0 fully saturated rings. The SMILES string of the molecule is c1ccc(-c2c3ccccc3c(-c3ccc4cc(-c5cccc6oc7ccc8ccccc8c7c56)ccc4c3)c3ccccc23)cc1. The van der Waals surface area contributed by atoms with Crippen LogP contribution in [-0.2, 0) is 0 Å². The van der Waals surface area contributed by atoms with E-state index in [-0.39, 0.29) is 0 Å². The lowest BCUT2D eigenvalue weighted by Gasteiger charge is -2.18. The van der Waals surface area contributed by atoms with Crippen molar-refractivity contribution in [2.24, 2.45) is 0 Å². The van der Waals surface area contributed by atoms with Gasteiger partial charge in [-0.25, -0.2) is 0 Å². The smallest absolute Gasteiger partial charge is 0.136 e. The lowest BCUT2D eigenvalue weighted by atomic mass is 9.85. The first-order chi connectivity index (χ1) is 23.3. The van der Waals surface area contributed by atoms with Gasteiger partial charge in [-0.3, -0.25) is 0 Å². The molecule has 0 saturated heterocycles. The summed E-state index contributed by atoms with van der Waals surface area (Å²) >= 11 is 0. The molecule has 0 aliphatic rings. The zero-order valence-corrected chi connectivity index (χ0v) is 25.6. The van der Waals surface area contributed by atoms with Crippen molar-refractivity contribution in [2.45, 2.75) is 0 Å². The minimum Gasteiger partial charge on any atom is -0.456 e. The van der Waals surface area contributed by atoms with Crippen LogP contribution in [0.2, 0.25) is 0 Å². The molecule has 0 saturated carbocycles. The van der Waals surface area contributed by atoms with E-state index in [2.05, 4.69) is 170 Å². The van der Waals surface area contributed by atoms with Crippen LogP contribution < -0.4 is 0 Å². The molecule has 1 aromatic heterocycles. The van der Waals surface area contributed by atoms with Gasteiger partial charge in [0.25, 0.3) is 0 Å². The Balaban J connectivity index is 1.17. The first-order valence-corrected chi connectivity index (χ1v) is 16.2. The lowest BCUT2D eigenvalue weighted by Crippen LogP contribution is -1.90. The minimum atomic E-state index is 0.919. The number of furan rings is 1. The molecule has 0 radical (unpaired) electrons. The van der Waals surface area contributed by atoms with Crippen LogP contribution in [0.25, 0.3) is 98.4 Å². The quantitative estimate of drug-likeness (QED) is 0.185. The summed E-state index contributed by atoms with van der Waals surface area (Å²) in [5, 5.41) is 12.3. The molecule has 1 heteroatoms. The molecular formula is C46H28O. The lowest BCUT2D eigenvalue weighted by molar-refractivity contribution is 0.669. The van der Waals surface area contributed by atoms with Gasteiger partial charge >= 0.3 is 0 Å². The standard InChI is InChI=1S/C46H28O/c1-2-12-30(13-3-1)43-37-15-6-8-17-39(37)44(40-18-9-7-16-38(40)43)34-24-22-31-27-33(23-21-32(31)28-34)36-19-10-20-41-46(36)45-35-14-5-4-11-29(35)25-26-42(45)47-41/h1-28H. The molecule has 1 nitrogen and oxygen atoms in total. The zero-order valence-electron chi connectivity index (χ0n) is 25.6. The topological polar surface area (TPSA) is 13.1 Å². The van der Waals surface area contributed by atoms with Gasteiger partial charge in [0.05, 0.1) is 0 Å². The van der Waals surface area contributed by atoms with Gasteiger partial charge in [-0.1, -0.05) is 146 Å². The summed E-state index contributed by atoms with van der Waals surface area (Å²) in [6.45, 7) is 0. The van der Waals surface area contributed by atoms with Crippen LogP contribution in [0.1, 0.15) is 0 Å². The summed E-state index contributed by atoms with van der Waals surface area (Å²) in [6, 6.07) is 61.5. The van der Waals surface area contributed by atoms with E-state index in [9.17, 15) is 0 Å². The van der Waals surface area contributed by atoms with Crippen molar-refractivity contribution < 1.29 is 4.42 Å². The van der Waals surface area contributed by atoms with Crippen LogP contribution in [0, 0.1) is 0 Å². The molecule has 0 unspecified atom stereocenters. The van der Waals surface area contributed by atoms with Crippen molar-refractivity contribution in [2.75, 3.05) is 0 Å².